The number of carbonyl (C=O) groups is 1. The van der Waals surface area contributed by atoms with Crippen LogP contribution in [-0.4, -0.2) is 43.5 Å². The molecule has 116 valence electrons. The predicted molar refractivity (Wildman–Crippen MR) is 86.6 cm³/mol. The van der Waals surface area contributed by atoms with E-state index in [1.165, 1.54) is 18.4 Å². The van der Waals surface area contributed by atoms with E-state index in [4.69, 9.17) is 0 Å². The molecule has 0 saturated carbocycles. The fraction of sp³-hybridized carbons (Fsp3) is 0.562. The minimum Gasteiger partial charge on any atom is -0.354 e. The van der Waals surface area contributed by atoms with Gasteiger partial charge in [0.2, 0.25) is 5.91 Å². The molecule has 3 rings (SSSR count). The highest BCUT2D eigenvalue weighted by molar-refractivity contribution is 5.85. The van der Waals surface area contributed by atoms with Crippen LogP contribution in [0.4, 0.5) is 0 Å². The Morgan fingerprint density at radius 1 is 1.24 bits per heavy atom. The van der Waals surface area contributed by atoms with Gasteiger partial charge < -0.3 is 10.6 Å². The van der Waals surface area contributed by atoms with Crippen molar-refractivity contribution in [1.82, 2.24) is 15.5 Å². The molecule has 2 aliphatic heterocycles. The molecule has 0 bridgehead atoms. The summed E-state index contributed by atoms with van der Waals surface area (Å²) in [7, 11) is 0. The summed E-state index contributed by atoms with van der Waals surface area (Å²) in [5.41, 5.74) is 1.31. The fourth-order valence-electron chi connectivity index (χ4n) is 3.00. The summed E-state index contributed by atoms with van der Waals surface area (Å²) in [6, 6.07) is 10.9. The zero-order valence-corrected chi connectivity index (χ0v) is 13.1. The highest BCUT2D eigenvalue weighted by atomic mass is 35.5. The van der Waals surface area contributed by atoms with E-state index in [1.807, 2.05) is 6.07 Å². The molecule has 5 heteroatoms. The highest BCUT2D eigenvalue weighted by Gasteiger charge is 2.27. The van der Waals surface area contributed by atoms with Crippen molar-refractivity contribution in [2.45, 2.75) is 18.9 Å². The van der Waals surface area contributed by atoms with Crippen molar-refractivity contribution < 1.29 is 4.79 Å². The van der Waals surface area contributed by atoms with Crippen LogP contribution < -0.4 is 10.6 Å². The molecule has 0 aliphatic carbocycles. The van der Waals surface area contributed by atoms with Gasteiger partial charge in [-0.15, -0.1) is 12.4 Å². The lowest BCUT2D eigenvalue weighted by Gasteiger charge is -2.30. The van der Waals surface area contributed by atoms with Crippen molar-refractivity contribution in [3.05, 3.63) is 35.9 Å². The molecule has 0 radical (unpaired) electrons. The van der Waals surface area contributed by atoms with Gasteiger partial charge in [0.1, 0.15) is 0 Å². The fourth-order valence-corrected chi connectivity index (χ4v) is 3.00. The van der Waals surface area contributed by atoms with Crippen LogP contribution in [0.3, 0.4) is 0 Å². The number of likely N-dealkylation sites (tertiary alicyclic amines) is 1. The van der Waals surface area contributed by atoms with E-state index in [9.17, 15) is 4.79 Å². The standard InChI is InChI=1S/C16H23N3O.ClH/c20-16(14-10-17-11-14)18-12-15(19-8-4-5-9-19)13-6-2-1-3-7-13;/h1-3,6-7,14-15,17H,4-5,8-12H2,(H,18,20);1H. The number of halogens is 1. The lowest BCUT2D eigenvalue weighted by Crippen LogP contribution is -2.51. The molecular formula is C16H24ClN3O. The monoisotopic (exact) mass is 309 g/mol. The van der Waals surface area contributed by atoms with E-state index < -0.39 is 0 Å². The van der Waals surface area contributed by atoms with Crippen LogP contribution in [-0.2, 0) is 4.79 Å². The van der Waals surface area contributed by atoms with Gasteiger partial charge in [-0.1, -0.05) is 30.3 Å². The number of nitrogens with one attached hydrogen (secondary N) is 2. The molecule has 2 fully saturated rings. The first-order valence-electron chi connectivity index (χ1n) is 7.62. The molecule has 2 heterocycles. The third-order valence-corrected chi connectivity index (χ3v) is 4.39. The first-order valence-corrected chi connectivity index (χ1v) is 7.62. The average molecular weight is 310 g/mol. The molecule has 1 atom stereocenters. The Balaban J connectivity index is 0.00000161. The molecule has 0 aromatic heterocycles. The molecular weight excluding hydrogens is 286 g/mol. The van der Waals surface area contributed by atoms with Crippen molar-refractivity contribution in [2.75, 3.05) is 32.7 Å². The average Bonchev–Trinajstić information content (AvgIpc) is 2.92. The van der Waals surface area contributed by atoms with Gasteiger partial charge >= 0.3 is 0 Å². The third-order valence-electron chi connectivity index (χ3n) is 4.39. The smallest absolute Gasteiger partial charge is 0.225 e. The third kappa shape index (κ3) is 3.96. The van der Waals surface area contributed by atoms with Crippen LogP contribution in [0.25, 0.3) is 0 Å². The van der Waals surface area contributed by atoms with Crippen LogP contribution >= 0.6 is 12.4 Å². The van der Waals surface area contributed by atoms with E-state index in [0.29, 0.717) is 6.04 Å². The Hall–Kier alpha value is -1.10. The zero-order chi connectivity index (χ0) is 13.8. The number of rotatable bonds is 5. The van der Waals surface area contributed by atoms with Gasteiger partial charge in [-0.05, 0) is 31.5 Å². The van der Waals surface area contributed by atoms with Gasteiger partial charge in [0, 0.05) is 19.6 Å². The van der Waals surface area contributed by atoms with Gasteiger partial charge in [-0.2, -0.15) is 0 Å². The largest absolute Gasteiger partial charge is 0.354 e. The maximum atomic E-state index is 12.0. The molecule has 0 spiro atoms. The molecule has 1 aromatic carbocycles. The first kappa shape index (κ1) is 16.3. The SMILES string of the molecule is Cl.O=C(NCC(c1ccccc1)N1CCCC1)C1CNC1. The number of carbonyl (C=O) groups excluding carboxylic acids is 1. The molecule has 4 nitrogen and oxygen atoms in total. The number of hydrogen-bond acceptors (Lipinski definition) is 3. The zero-order valence-electron chi connectivity index (χ0n) is 12.3. The summed E-state index contributed by atoms with van der Waals surface area (Å²) >= 11 is 0. The minimum atomic E-state index is 0. The van der Waals surface area contributed by atoms with Crippen molar-refractivity contribution in [1.29, 1.82) is 0 Å². The highest BCUT2D eigenvalue weighted by Crippen LogP contribution is 2.24. The summed E-state index contributed by atoms with van der Waals surface area (Å²) in [6.45, 7) is 4.65. The second-order valence-electron chi connectivity index (χ2n) is 5.77. The van der Waals surface area contributed by atoms with Crippen LogP contribution in [0.5, 0.6) is 0 Å². The summed E-state index contributed by atoms with van der Waals surface area (Å²) in [4.78, 5) is 14.5. The van der Waals surface area contributed by atoms with Crippen molar-refractivity contribution in [3.8, 4) is 0 Å². The maximum absolute atomic E-state index is 12.0. The van der Waals surface area contributed by atoms with E-state index in [0.717, 1.165) is 32.7 Å². The summed E-state index contributed by atoms with van der Waals surface area (Å²) < 4.78 is 0. The number of hydrogen-bond donors (Lipinski definition) is 2. The molecule has 1 aromatic rings. The van der Waals surface area contributed by atoms with Crippen molar-refractivity contribution in [3.63, 3.8) is 0 Å². The molecule has 1 amide bonds. The second-order valence-corrected chi connectivity index (χ2v) is 5.77. The van der Waals surface area contributed by atoms with E-state index in [1.54, 1.807) is 0 Å². The Bertz CT molecular complexity index is 444. The molecule has 21 heavy (non-hydrogen) atoms. The summed E-state index contributed by atoms with van der Waals surface area (Å²) in [5.74, 6) is 0.369. The molecule has 2 aliphatic rings. The quantitative estimate of drug-likeness (QED) is 0.868. The topological polar surface area (TPSA) is 44.4 Å². The Morgan fingerprint density at radius 2 is 1.90 bits per heavy atom. The number of benzene rings is 1. The Kier molecular flexibility index (Phi) is 6.03. The summed E-state index contributed by atoms with van der Waals surface area (Å²) in [6.07, 6.45) is 2.54. The van der Waals surface area contributed by atoms with E-state index in [2.05, 4.69) is 39.8 Å². The van der Waals surface area contributed by atoms with Crippen molar-refractivity contribution >= 4 is 18.3 Å². The van der Waals surface area contributed by atoms with Gasteiger partial charge in [-0.25, -0.2) is 0 Å². The Morgan fingerprint density at radius 3 is 2.48 bits per heavy atom. The number of nitrogens with zero attached hydrogens (tertiary/aromatic N) is 1. The summed E-state index contributed by atoms with van der Waals surface area (Å²) in [5, 5.41) is 6.28. The predicted octanol–water partition coefficient (Wildman–Crippen LogP) is 1.58. The number of amides is 1. The van der Waals surface area contributed by atoms with Crippen LogP contribution in [0.1, 0.15) is 24.4 Å². The minimum absolute atomic E-state index is 0. The van der Waals surface area contributed by atoms with E-state index in [-0.39, 0.29) is 24.2 Å². The van der Waals surface area contributed by atoms with E-state index >= 15 is 0 Å². The van der Waals surface area contributed by atoms with Crippen molar-refractivity contribution in [2.24, 2.45) is 5.92 Å². The van der Waals surface area contributed by atoms with Crippen LogP contribution in [0, 0.1) is 5.92 Å². The maximum Gasteiger partial charge on any atom is 0.225 e. The lowest BCUT2D eigenvalue weighted by atomic mass is 10.0. The lowest BCUT2D eigenvalue weighted by molar-refractivity contribution is -0.126. The molecule has 2 saturated heterocycles. The Labute approximate surface area is 132 Å². The van der Waals surface area contributed by atoms with Crippen LogP contribution in [0.2, 0.25) is 0 Å². The van der Waals surface area contributed by atoms with Gasteiger partial charge in [-0.3, -0.25) is 9.69 Å². The van der Waals surface area contributed by atoms with Gasteiger partial charge in [0.15, 0.2) is 0 Å². The van der Waals surface area contributed by atoms with Gasteiger partial charge in [0.05, 0.1) is 12.0 Å². The second kappa shape index (κ2) is 7.78. The van der Waals surface area contributed by atoms with Gasteiger partial charge in [0.25, 0.3) is 0 Å². The first-order chi connectivity index (χ1) is 9.84. The van der Waals surface area contributed by atoms with Crippen LogP contribution in [0.15, 0.2) is 30.3 Å². The molecule has 1 unspecified atom stereocenters. The molecule has 2 N–H and O–H groups in total. The normalized spacial score (nSPS) is 20.4.